The molecule has 10 nitrogen and oxygen atoms in total. The van der Waals surface area contributed by atoms with Gasteiger partial charge in [-0.15, -0.1) is 0 Å². The SMILES string of the molecule is OCCOCCN(CCOCCO)c1ccc(C(=C2C=CC(=[N+](CCOCCO)CCOCCO)C=C2)c2ccc(Br)cc2)cc1. The predicted molar refractivity (Wildman–Crippen MR) is 184 cm³/mol. The van der Waals surface area contributed by atoms with Gasteiger partial charge in [-0.3, -0.25) is 0 Å². The van der Waals surface area contributed by atoms with E-state index in [2.05, 4.69) is 86.1 Å². The summed E-state index contributed by atoms with van der Waals surface area (Å²) in [4.78, 5) is 2.18. The summed E-state index contributed by atoms with van der Waals surface area (Å²) in [5, 5.41) is 36.3. The number of ether oxygens (including phenoxy) is 4. The highest BCUT2D eigenvalue weighted by atomic mass is 79.9. The maximum absolute atomic E-state index is 9.07. The van der Waals surface area contributed by atoms with Crippen LogP contribution in [0.25, 0.3) is 5.57 Å². The first-order chi connectivity index (χ1) is 22.6. The van der Waals surface area contributed by atoms with Crippen molar-refractivity contribution in [3.63, 3.8) is 0 Å². The number of allylic oxidation sites excluding steroid dienone is 5. The molecule has 0 saturated heterocycles. The fourth-order valence-corrected chi connectivity index (χ4v) is 5.16. The molecule has 46 heavy (non-hydrogen) atoms. The lowest BCUT2D eigenvalue weighted by atomic mass is 9.90. The fourth-order valence-electron chi connectivity index (χ4n) is 4.90. The molecule has 0 aliphatic heterocycles. The number of aliphatic hydroxyl groups excluding tert-OH is 4. The highest BCUT2D eigenvalue weighted by Crippen LogP contribution is 2.32. The van der Waals surface area contributed by atoms with E-state index in [1.54, 1.807) is 0 Å². The Labute approximate surface area is 280 Å². The summed E-state index contributed by atoms with van der Waals surface area (Å²) in [5.41, 5.74) is 6.37. The Kier molecular flexibility index (Phi) is 18.7. The number of aliphatic hydroxyl groups is 4. The van der Waals surface area contributed by atoms with Gasteiger partial charge in [0.05, 0.1) is 66.1 Å². The Morgan fingerprint density at radius 2 is 1.00 bits per heavy atom. The van der Waals surface area contributed by atoms with E-state index in [1.165, 1.54) is 0 Å². The van der Waals surface area contributed by atoms with Crippen molar-refractivity contribution in [2.75, 3.05) is 110 Å². The highest BCUT2D eigenvalue weighted by Gasteiger charge is 2.17. The number of halogens is 1. The van der Waals surface area contributed by atoms with E-state index in [1.807, 2.05) is 12.1 Å². The topological polar surface area (TPSA) is 124 Å². The quantitative estimate of drug-likeness (QED) is 0.102. The molecule has 0 unspecified atom stereocenters. The van der Waals surface area contributed by atoms with Crippen LogP contribution in [0.5, 0.6) is 0 Å². The first kappa shape index (κ1) is 37.7. The van der Waals surface area contributed by atoms with Gasteiger partial charge in [0.15, 0.2) is 18.8 Å². The smallest absolute Gasteiger partial charge is 0.200 e. The third-order valence-electron chi connectivity index (χ3n) is 7.14. The Balaban J connectivity index is 1.91. The Morgan fingerprint density at radius 1 is 0.565 bits per heavy atom. The van der Waals surface area contributed by atoms with Crippen molar-refractivity contribution in [2.24, 2.45) is 0 Å². The average Bonchev–Trinajstić information content (AvgIpc) is 3.08. The van der Waals surface area contributed by atoms with Crippen molar-refractivity contribution in [3.8, 4) is 0 Å². The largest absolute Gasteiger partial charge is 0.394 e. The minimum absolute atomic E-state index is 0.0138. The average molecular weight is 705 g/mol. The minimum atomic E-state index is -0.0138. The van der Waals surface area contributed by atoms with Gasteiger partial charge >= 0.3 is 0 Å². The van der Waals surface area contributed by atoms with Crippen molar-refractivity contribution in [1.82, 2.24) is 0 Å². The van der Waals surface area contributed by atoms with Crippen LogP contribution in [0.3, 0.4) is 0 Å². The summed E-state index contributed by atoms with van der Waals surface area (Å²) >= 11 is 3.56. The first-order valence-corrected chi connectivity index (χ1v) is 16.5. The van der Waals surface area contributed by atoms with Gasteiger partial charge in [-0.25, -0.2) is 4.58 Å². The van der Waals surface area contributed by atoms with Gasteiger partial charge in [0.25, 0.3) is 0 Å². The van der Waals surface area contributed by atoms with Gasteiger partial charge in [-0.1, -0.05) is 40.2 Å². The number of hydrogen-bond acceptors (Lipinski definition) is 9. The van der Waals surface area contributed by atoms with E-state index in [9.17, 15) is 0 Å². The first-order valence-electron chi connectivity index (χ1n) is 15.7. The van der Waals surface area contributed by atoms with Crippen LogP contribution in [0.15, 0.2) is 82.9 Å². The van der Waals surface area contributed by atoms with Crippen LogP contribution >= 0.6 is 15.9 Å². The molecule has 252 valence electrons. The summed E-state index contributed by atoms with van der Waals surface area (Å²) < 4.78 is 25.3. The van der Waals surface area contributed by atoms with Crippen molar-refractivity contribution < 1.29 is 43.9 Å². The van der Waals surface area contributed by atoms with Crippen LogP contribution in [0.1, 0.15) is 11.1 Å². The van der Waals surface area contributed by atoms with Crippen molar-refractivity contribution in [3.05, 3.63) is 94.0 Å². The molecule has 0 saturated carbocycles. The minimum Gasteiger partial charge on any atom is -0.394 e. The van der Waals surface area contributed by atoms with E-state index in [0.717, 1.165) is 38.1 Å². The molecule has 1 aliphatic rings. The summed E-state index contributed by atoms with van der Waals surface area (Å²) in [5.74, 6) is 0. The van der Waals surface area contributed by atoms with Gasteiger partial charge < -0.3 is 44.3 Å². The molecule has 0 heterocycles. The zero-order valence-corrected chi connectivity index (χ0v) is 28.0. The second-order valence-electron chi connectivity index (χ2n) is 10.3. The van der Waals surface area contributed by atoms with Gasteiger partial charge in [0, 0.05) is 35.4 Å². The lowest BCUT2D eigenvalue weighted by Crippen LogP contribution is -2.31. The van der Waals surface area contributed by atoms with Crippen LogP contribution in [-0.4, -0.2) is 136 Å². The third-order valence-corrected chi connectivity index (χ3v) is 7.67. The molecule has 0 bridgehead atoms. The van der Waals surface area contributed by atoms with E-state index in [-0.39, 0.29) is 26.4 Å². The molecule has 1 aliphatic carbocycles. The lowest BCUT2D eigenvalue weighted by Gasteiger charge is -2.25. The molecule has 0 spiro atoms. The van der Waals surface area contributed by atoms with Crippen molar-refractivity contribution >= 4 is 32.9 Å². The van der Waals surface area contributed by atoms with E-state index >= 15 is 0 Å². The van der Waals surface area contributed by atoms with Crippen LogP contribution < -0.4 is 4.90 Å². The maximum Gasteiger partial charge on any atom is 0.200 e. The van der Waals surface area contributed by atoms with E-state index in [4.69, 9.17) is 39.4 Å². The van der Waals surface area contributed by atoms with E-state index in [0.29, 0.717) is 79.0 Å². The van der Waals surface area contributed by atoms with E-state index < -0.39 is 0 Å². The molecular weight excluding hydrogens is 656 g/mol. The molecule has 2 aromatic rings. The predicted octanol–water partition coefficient (Wildman–Crippen LogP) is 2.67. The molecule has 0 fully saturated rings. The Morgan fingerprint density at radius 3 is 1.46 bits per heavy atom. The number of hydrogen-bond donors (Lipinski definition) is 4. The number of rotatable bonds is 23. The molecule has 4 N–H and O–H groups in total. The monoisotopic (exact) mass is 703 g/mol. The molecule has 0 amide bonds. The number of nitrogens with zero attached hydrogens (tertiary/aromatic N) is 2. The number of anilines is 1. The van der Waals surface area contributed by atoms with Crippen LogP contribution in [0, 0.1) is 0 Å². The molecule has 2 aromatic carbocycles. The van der Waals surface area contributed by atoms with Crippen molar-refractivity contribution in [1.29, 1.82) is 0 Å². The third kappa shape index (κ3) is 13.2. The zero-order valence-electron chi connectivity index (χ0n) is 26.4. The summed E-state index contributed by atoms with van der Waals surface area (Å²) in [6.07, 6.45) is 8.45. The summed E-state index contributed by atoms with van der Waals surface area (Å²) in [6, 6.07) is 16.7. The Hall–Kier alpha value is -2.71. The fraction of sp³-hybridized carbons (Fsp3) is 0.457. The van der Waals surface area contributed by atoms with Gasteiger partial charge in [0.2, 0.25) is 0 Å². The van der Waals surface area contributed by atoms with Crippen LogP contribution in [-0.2, 0) is 18.9 Å². The molecule has 0 aromatic heterocycles. The van der Waals surface area contributed by atoms with Gasteiger partial charge in [0.1, 0.15) is 13.2 Å². The number of benzene rings is 2. The molecule has 0 atom stereocenters. The molecule has 0 radical (unpaired) electrons. The second-order valence-corrected chi connectivity index (χ2v) is 11.2. The van der Waals surface area contributed by atoms with Crippen LogP contribution in [0.4, 0.5) is 5.69 Å². The highest BCUT2D eigenvalue weighted by molar-refractivity contribution is 9.10. The Bertz CT molecular complexity index is 1220. The van der Waals surface area contributed by atoms with Gasteiger partial charge in [-0.05, 0) is 58.7 Å². The zero-order chi connectivity index (χ0) is 32.8. The molecular formula is C35H48BrN2O8+. The summed E-state index contributed by atoms with van der Waals surface area (Å²) in [6.45, 7) is 5.58. The normalized spacial score (nSPS) is 12.6. The summed E-state index contributed by atoms with van der Waals surface area (Å²) in [7, 11) is 0. The standard InChI is InChI=1S/C35H48BrN2O8/c36-32-7-1-29(2-8-32)35(30-3-9-33(10-4-30)37(13-21-43-25-17-39)14-22-44-26-18-40)31-5-11-34(12-6-31)38(15-23-45-27-19-41)16-24-46-28-20-42/h1-12,39-42H,13-28H2/q+1. The van der Waals surface area contributed by atoms with Crippen LogP contribution in [0.2, 0.25) is 0 Å². The maximum atomic E-state index is 9.07. The molecule has 3 rings (SSSR count). The lowest BCUT2D eigenvalue weighted by molar-refractivity contribution is -0.532. The van der Waals surface area contributed by atoms with Gasteiger partial charge in [-0.2, -0.15) is 0 Å². The van der Waals surface area contributed by atoms with Crippen molar-refractivity contribution in [2.45, 2.75) is 0 Å². The molecule has 11 heteroatoms. The second kappa shape index (κ2) is 22.8.